The molecule has 0 spiro atoms. The van der Waals surface area contributed by atoms with E-state index in [1.165, 1.54) is 16.8 Å². The molecule has 3 saturated carbocycles. The van der Waals surface area contributed by atoms with E-state index in [9.17, 15) is 14.0 Å². The second kappa shape index (κ2) is 7.62. The summed E-state index contributed by atoms with van der Waals surface area (Å²) in [6.07, 6.45) is 2.72. The Balaban J connectivity index is 1.34. The molecule has 2 aromatic heterocycles. The van der Waals surface area contributed by atoms with E-state index in [1.54, 1.807) is 19.9 Å². The minimum absolute atomic E-state index is 0.0369. The molecule has 2 bridgehead atoms. The number of nitrogens with one attached hydrogen (secondary N) is 1. The van der Waals surface area contributed by atoms with Gasteiger partial charge in [0.25, 0.3) is 5.91 Å². The summed E-state index contributed by atoms with van der Waals surface area (Å²) in [5.74, 6) is -3.86. The van der Waals surface area contributed by atoms with Crippen molar-refractivity contribution in [2.75, 3.05) is 11.1 Å². The molecule has 6 rings (SSSR count). The molecule has 0 saturated heterocycles. The van der Waals surface area contributed by atoms with Gasteiger partial charge in [0.1, 0.15) is 17.1 Å². The number of nitrogens with two attached hydrogens (primary N) is 2. The maximum absolute atomic E-state index is 15.0. The molecular formula is C24H26F2N6O3. The van der Waals surface area contributed by atoms with E-state index in [0.717, 1.165) is 25.0 Å². The van der Waals surface area contributed by atoms with Gasteiger partial charge in [-0.15, -0.1) is 0 Å². The number of nitrogens with zero attached hydrogens (tertiary/aromatic N) is 3. The Labute approximate surface area is 199 Å². The van der Waals surface area contributed by atoms with Gasteiger partial charge in [-0.25, -0.2) is 13.5 Å². The first kappa shape index (κ1) is 23.0. The fourth-order valence-corrected chi connectivity index (χ4v) is 5.69. The first-order valence-corrected chi connectivity index (χ1v) is 11.4. The zero-order valence-corrected chi connectivity index (χ0v) is 19.6. The predicted octanol–water partition coefficient (Wildman–Crippen LogP) is 3.70. The molecule has 2 heterocycles. The number of aromatic nitrogens is 3. The lowest BCUT2D eigenvalue weighted by Gasteiger charge is -2.68. The van der Waals surface area contributed by atoms with Gasteiger partial charge in [0.05, 0.1) is 12.1 Å². The van der Waals surface area contributed by atoms with Crippen LogP contribution in [0.4, 0.5) is 20.5 Å². The Kier molecular flexibility index (Phi) is 5.01. The van der Waals surface area contributed by atoms with Gasteiger partial charge in [-0.3, -0.25) is 14.9 Å². The van der Waals surface area contributed by atoms with Crippen LogP contribution in [0, 0.1) is 17.0 Å². The lowest BCUT2D eigenvalue weighted by molar-refractivity contribution is -0.129. The third-order valence-corrected chi connectivity index (χ3v) is 7.06. The second-order valence-electron chi connectivity index (χ2n) is 10.3. The summed E-state index contributed by atoms with van der Waals surface area (Å²) >= 11 is 0. The predicted molar refractivity (Wildman–Crippen MR) is 123 cm³/mol. The molecule has 0 radical (unpaired) electrons. The number of nitrogen functional groups attached to an aromatic ring is 1. The molecule has 0 unspecified atom stereocenters. The molecule has 3 aromatic rings. The van der Waals surface area contributed by atoms with E-state index in [1.807, 2.05) is 0 Å². The van der Waals surface area contributed by atoms with Crippen LogP contribution in [0.1, 0.15) is 67.7 Å². The first-order chi connectivity index (χ1) is 16.4. The number of amides is 2. The number of hydrogen-bond donors (Lipinski definition) is 3. The minimum atomic E-state index is -1.26. The first-order valence-electron chi connectivity index (χ1n) is 11.4. The maximum atomic E-state index is 15.0. The molecule has 35 heavy (non-hydrogen) atoms. The second-order valence-corrected chi connectivity index (χ2v) is 10.3. The van der Waals surface area contributed by atoms with Crippen LogP contribution in [0.3, 0.4) is 0 Å². The van der Waals surface area contributed by atoms with Crippen molar-refractivity contribution in [1.82, 2.24) is 14.9 Å². The highest BCUT2D eigenvalue weighted by molar-refractivity contribution is 6.03. The molecular weight excluding hydrogens is 458 g/mol. The number of carbonyl (C=O) groups excluding carboxylic acids is 2. The summed E-state index contributed by atoms with van der Waals surface area (Å²) < 4.78 is 36.5. The highest BCUT2D eigenvalue weighted by Gasteiger charge is 2.66. The topological polar surface area (TPSA) is 142 Å². The van der Waals surface area contributed by atoms with Gasteiger partial charge in [-0.2, -0.15) is 5.10 Å². The SMILES string of the molecule is CC(C)n1nc(-c2ccc(CC(=O)Nc3cc(C45CC(C)(C4)C5)no3)c(F)c2F)c(C(N)=O)c1N. The van der Waals surface area contributed by atoms with E-state index in [0.29, 0.717) is 5.41 Å². The van der Waals surface area contributed by atoms with E-state index in [4.69, 9.17) is 16.0 Å². The largest absolute Gasteiger partial charge is 0.383 e. The average Bonchev–Trinajstić information content (AvgIpc) is 3.33. The fraction of sp³-hybridized carbons (Fsp3) is 0.417. The lowest BCUT2D eigenvalue weighted by Crippen LogP contribution is -2.62. The molecule has 0 atom stereocenters. The van der Waals surface area contributed by atoms with Crippen molar-refractivity contribution >= 4 is 23.5 Å². The van der Waals surface area contributed by atoms with E-state index < -0.39 is 29.9 Å². The molecule has 184 valence electrons. The minimum Gasteiger partial charge on any atom is -0.383 e. The highest BCUT2D eigenvalue weighted by atomic mass is 19.2. The molecule has 0 aliphatic heterocycles. The van der Waals surface area contributed by atoms with Gasteiger partial charge in [0.15, 0.2) is 11.6 Å². The van der Waals surface area contributed by atoms with Crippen molar-refractivity contribution in [3.8, 4) is 11.3 Å². The van der Waals surface area contributed by atoms with Crippen molar-refractivity contribution in [2.45, 2.75) is 57.9 Å². The van der Waals surface area contributed by atoms with Crippen LogP contribution in [0.5, 0.6) is 0 Å². The smallest absolute Gasteiger partial charge is 0.254 e. The van der Waals surface area contributed by atoms with Crippen molar-refractivity contribution in [3.63, 3.8) is 0 Å². The maximum Gasteiger partial charge on any atom is 0.254 e. The van der Waals surface area contributed by atoms with Gasteiger partial charge in [-0.05, 0) is 44.6 Å². The molecule has 3 aliphatic carbocycles. The fourth-order valence-electron chi connectivity index (χ4n) is 5.69. The molecule has 9 nitrogen and oxygen atoms in total. The van der Waals surface area contributed by atoms with Crippen LogP contribution < -0.4 is 16.8 Å². The molecule has 3 aliphatic rings. The summed E-state index contributed by atoms with van der Waals surface area (Å²) in [4.78, 5) is 24.4. The van der Waals surface area contributed by atoms with Crippen LogP contribution in [0.25, 0.3) is 11.3 Å². The van der Waals surface area contributed by atoms with Crippen molar-refractivity contribution in [1.29, 1.82) is 0 Å². The van der Waals surface area contributed by atoms with E-state index in [2.05, 4.69) is 22.5 Å². The quantitative estimate of drug-likeness (QED) is 0.467. The van der Waals surface area contributed by atoms with Gasteiger partial charge in [0.2, 0.25) is 11.8 Å². The summed E-state index contributed by atoms with van der Waals surface area (Å²) in [5, 5.41) is 10.8. The van der Waals surface area contributed by atoms with Crippen LogP contribution in [0.2, 0.25) is 0 Å². The van der Waals surface area contributed by atoms with Crippen LogP contribution in [-0.4, -0.2) is 26.8 Å². The summed E-state index contributed by atoms with van der Waals surface area (Å²) in [6, 6.07) is 3.96. The van der Waals surface area contributed by atoms with Gasteiger partial charge in [0, 0.05) is 28.7 Å². The summed E-state index contributed by atoms with van der Waals surface area (Å²) in [7, 11) is 0. The number of rotatable bonds is 7. The summed E-state index contributed by atoms with van der Waals surface area (Å²) in [5.41, 5.74) is 11.8. The van der Waals surface area contributed by atoms with Gasteiger partial charge < -0.3 is 16.0 Å². The Morgan fingerprint density at radius 3 is 2.51 bits per heavy atom. The van der Waals surface area contributed by atoms with Crippen molar-refractivity contribution in [3.05, 3.63) is 46.7 Å². The standard InChI is InChI=1S/C24H26F2N6O3/c1-11(2)32-21(27)17(22(28)34)20(30-32)13-5-4-12(18(25)19(13)26)6-15(33)29-16-7-14(31-35-16)24-8-23(3,9-24)10-24/h4-5,7,11H,6,8-10,27H2,1-3H3,(H2,28,34)(H,29,33). The normalized spacial score (nSPS) is 22.6. The average molecular weight is 485 g/mol. The Bertz CT molecular complexity index is 1360. The monoisotopic (exact) mass is 484 g/mol. The third kappa shape index (κ3) is 3.57. The third-order valence-electron chi connectivity index (χ3n) is 7.06. The molecule has 5 N–H and O–H groups in total. The van der Waals surface area contributed by atoms with Crippen molar-refractivity contribution < 1.29 is 22.9 Å². The zero-order valence-electron chi connectivity index (χ0n) is 19.6. The van der Waals surface area contributed by atoms with E-state index in [-0.39, 0.29) is 45.5 Å². The molecule has 11 heteroatoms. The summed E-state index contributed by atoms with van der Waals surface area (Å²) in [6.45, 7) is 5.77. The van der Waals surface area contributed by atoms with E-state index >= 15 is 4.39 Å². The van der Waals surface area contributed by atoms with Gasteiger partial charge >= 0.3 is 0 Å². The van der Waals surface area contributed by atoms with Gasteiger partial charge in [-0.1, -0.05) is 18.1 Å². The molecule has 3 fully saturated rings. The van der Waals surface area contributed by atoms with Crippen LogP contribution >= 0.6 is 0 Å². The zero-order chi connectivity index (χ0) is 25.3. The van der Waals surface area contributed by atoms with Crippen LogP contribution in [-0.2, 0) is 16.6 Å². The number of benzene rings is 1. The molecule has 1 aromatic carbocycles. The lowest BCUT2D eigenvalue weighted by atomic mass is 9.35. The number of hydrogen-bond acceptors (Lipinski definition) is 6. The Morgan fingerprint density at radius 2 is 1.91 bits per heavy atom. The van der Waals surface area contributed by atoms with Crippen molar-refractivity contribution in [2.24, 2.45) is 11.1 Å². The number of halogens is 2. The number of carbonyl (C=O) groups is 2. The number of anilines is 2. The highest BCUT2D eigenvalue weighted by Crippen LogP contribution is 2.73. The Morgan fingerprint density at radius 1 is 1.23 bits per heavy atom. The Hall–Kier alpha value is -3.76. The molecule has 2 amide bonds. The number of primary amides is 1. The van der Waals surface area contributed by atoms with Crippen LogP contribution in [0.15, 0.2) is 22.7 Å².